The molecule has 3 heterocycles. The van der Waals surface area contributed by atoms with E-state index in [0.29, 0.717) is 36.5 Å². The minimum absolute atomic E-state index is 0.498. The Morgan fingerprint density at radius 1 is 1.04 bits per heavy atom. The number of thioether (sulfide) groups is 1. The second-order valence-corrected chi connectivity index (χ2v) is 5.82. The van der Waals surface area contributed by atoms with Crippen LogP contribution in [0, 0.1) is 0 Å². The Morgan fingerprint density at radius 2 is 1.74 bits per heavy atom. The molecule has 0 saturated carbocycles. The van der Waals surface area contributed by atoms with Crippen LogP contribution in [-0.4, -0.2) is 43.5 Å². The first-order valence-corrected chi connectivity index (χ1v) is 8.36. The van der Waals surface area contributed by atoms with Gasteiger partial charge in [-0.15, -0.1) is 0 Å². The van der Waals surface area contributed by atoms with E-state index in [-0.39, 0.29) is 0 Å². The molecule has 0 unspecified atom stereocenters. The molecule has 0 radical (unpaired) electrons. The highest BCUT2D eigenvalue weighted by Crippen LogP contribution is 2.15. The summed E-state index contributed by atoms with van der Waals surface area (Å²) in [7, 11) is 1.93. The predicted octanol–water partition coefficient (Wildman–Crippen LogP) is 2.01. The van der Waals surface area contributed by atoms with E-state index in [9.17, 15) is 0 Å². The summed E-state index contributed by atoms with van der Waals surface area (Å²) in [5.41, 5.74) is 0.872. The lowest BCUT2D eigenvalue weighted by Crippen LogP contribution is -2.17. The molecular formula is C14H16N6O2S. The van der Waals surface area contributed by atoms with Crippen molar-refractivity contribution in [1.29, 1.82) is 0 Å². The normalized spacial score (nSPS) is 11.3. The van der Waals surface area contributed by atoms with Crippen molar-refractivity contribution in [2.24, 2.45) is 0 Å². The van der Waals surface area contributed by atoms with E-state index in [1.54, 1.807) is 24.2 Å². The summed E-state index contributed by atoms with van der Waals surface area (Å²) in [4.78, 5) is 14.6. The minimum atomic E-state index is 0.498. The van der Waals surface area contributed by atoms with Gasteiger partial charge in [0.15, 0.2) is 5.82 Å². The van der Waals surface area contributed by atoms with E-state index >= 15 is 0 Å². The van der Waals surface area contributed by atoms with Gasteiger partial charge in [0.05, 0.1) is 18.8 Å². The van der Waals surface area contributed by atoms with Gasteiger partial charge in [0.25, 0.3) is 0 Å². The highest BCUT2D eigenvalue weighted by Gasteiger charge is 2.13. The molecule has 0 fully saturated rings. The molecule has 3 rings (SSSR count). The van der Waals surface area contributed by atoms with Gasteiger partial charge in [-0.05, 0) is 25.4 Å². The highest BCUT2D eigenvalue weighted by molar-refractivity contribution is 7.97. The second kappa shape index (κ2) is 7.34. The molecule has 3 aromatic rings. The molecule has 0 amide bonds. The van der Waals surface area contributed by atoms with Crippen molar-refractivity contribution in [3.63, 3.8) is 0 Å². The first-order chi connectivity index (χ1) is 11.2. The van der Waals surface area contributed by atoms with Crippen LogP contribution in [-0.2, 0) is 18.8 Å². The fourth-order valence-electron chi connectivity index (χ4n) is 2.00. The van der Waals surface area contributed by atoms with Crippen molar-refractivity contribution in [2.45, 2.75) is 18.8 Å². The van der Waals surface area contributed by atoms with E-state index in [0.717, 1.165) is 11.3 Å². The number of nitrogens with zero attached hydrogens (tertiary/aromatic N) is 6. The fourth-order valence-corrected chi connectivity index (χ4v) is 2.37. The van der Waals surface area contributed by atoms with Crippen LogP contribution in [0.15, 0.2) is 33.6 Å². The molecular weight excluding hydrogens is 316 g/mol. The van der Waals surface area contributed by atoms with E-state index in [1.807, 2.05) is 30.3 Å². The standard InChI is InChI=1S/C14H16N6O2S/c1-20(7-12-16-11(9-23-2)18-21-12)8-13-17-14(19-22-13)10-3-5-15-6-4-10/h3-6H,7-9H2,1-2H3. The van der Waals surface area contributed by atoms with E-state index in [1.165, 1.54) is 0 Å². The maximum Gasteiger partial charge on any atom is 0.241 e. The summed E-state index contributed by atoms with van der Waals surface area (Å²) in [6.07, 6.45) is 5.39. The van der Waals surface area contributed by atoms with Crippen LogP contribution in [0.4, 0.5) is 0 Å². The Kier molecular flexibility index (Phi) is 4.99. The molecule has 0 bridgehead atoms. The topological polar surface area (TPSA) is 94.0 Å². The zero-order chi connectivity index (χ0) is 16.1. The largest absolute Gasteiger partial charge is 0.338 e. The quantitative estimate of drug-likeness (QED) is 0.644. The van der Waals surface area contributed by atoms with Gasteiger partial charge in [-0.2, -0.15) is 21.7 Å². The molecule has 0 aliphatic rings. The van der Waals surface area contributed by atoms with Gasteiger partial charge in [-0.1, -0.05) is 10.3 Å². The number of aromatic nitrogens is 5. The molecule has 120 valence electrons. The van der Waals surface area contributed by atoms with E-state index < -0.39 is 0 Å². The van der Waals surface area contributed by atoms with Gasteiger partial charge in [0.1, 0.15) is 0 Å². The Bertz CT molecular complexity index is 745. The van der Waals surface area contributed by atoms with Crippen LogP contribution in [0.5, 0.6) is 0 Å². The van der Waals surface area contributed by atoms with Crippen LogP contribution >= 0.6 is 11.8 Å². The Labute approximate surface area is 137 Å². The minimum Gasteiger partial charge on any atom is -0.338 e. The molecule has 0 atom stereocenters. The molecule has 3 aromatic heterocycles. The third kappa shape index (κ3) is 4.14. The van der Waals surface area contributed by atoms with E-state index in [2.05, 4.69) is 25.3 Å². The second-order valence-electron chi connectivity index (χ2n) is 4.96. The molecule has 0 spiro atoms. The Balaban J connectivity index is 1.59. The molecule has 0 N–H and O–H groups in total. The summed E-state index contributed by atoms with van der Waals surface area (Å²) >= 11 is 1.65. The van der Waals surface area contributed by atoms with Crippen molar-refractivity contribution < 1.29 is 9.05 Å². The average molecular weight is 332 g/mol. The summed E-state index contributed by atoms with van der Waals surface area (Å²) < 4.78 is 10.5. The molecule has 0 aromatic carbocycles. The van der Waals surface area contributed by atoms with Gasteiger partial charge >= 0.3 is 0 Å². The van der Waals surface area contributed by atoms with Crippen LogP contribution in [0.25, 0.3) is 11.4 Å². The number of hydrogen-bond donors (Lipinski definition) is 0. The summed E-state index contributed by atoms with van der Waals surface area (Å²) in [5.74, 6) is 3.11. The average Bonchev–Trinajstić information content (AvgIpc) is 3.18. The maximum absolute atomic E-state index is 5.28. The highest BCUT2D eigenvalue weighted by atomic mass is 32.2. The summed E-state index contributed by atoms with van der Waals surface area (Å²) in [6, 6.07) is 3.67. The van der Waals surface area contributed by atoms with Crippen LogP contribution in [0.2, 0.25) is 0 Å². The molecule has 0 aliphatic carbocycles. The maximum atomic E-state index is 5.28. The Morgan fingerprint density at radius 3 is 2.48 bits per heavy atom. The first-order valence-electron chi connectivity index (χ1n) is 6.96. The molecule has 0 aliphatic heterocycles. The lowest BCUT2D eigenvalue weighted by atomic mass is 10.2. The third-order valence-electron chi connectivity index (χ3n) is 3.00. The third-order valence-corrected chi connectivity index (χ3v) is 3.55. The van der Waals surface area contributed by atoms with Crippen molar-refractivity contribution in [3.05, 3.63) is 42.1 Å². The van der Waals surface area contributed by atoms with Crippen molar-refractivity contribution in [1.82, 2.24) is 30.2 Å². The van der Waals surface area contributed by atoms with Crippen molar-refractivity contribution in [3.8, 4) is 11.4 Å². The predicted molar refractivity (Wildman–Crippen MR) is 84.2 cm³/mol. The molecule has 0 saturated heterocycles. The van der Waals surface area contributed by atoms with Crippen LogP contribution < -0.4 is 0 Å². The van der Waals surface area contributed by atoms with Gasteiger partial charge < -0.3 is 9.05 Å². The zero-order valence-electron chi connectivity index (χ0n) is 12.8. The number of hydrogen-bond acceptors (Lipinski definition) is 9. The smallest absolute Gasteiger partial charge is 0.241 e. The number of pyridine rings is 1. The van der Waals surface area contributed by atoms with Crippen molar-refractivity contribution in [2.75, 3.05) is 13.3 Å². The molecule has 8 nitrogen and oxygen atoms in total. The van der Waals surface area contributed by atoms with Crippen molar-refractivity contribution >= 4 is 11.8 Å². The van der Waals surface area contributed by atoms with Gasteiger partial charge in [0.2, 0.25) is 17.6 Å². The summed E-state index contributed by atoms with van der Waals surface area (Å²) in [5, 5.41) is 7.90. The molecule has 9 heteroatoms. The lowest BCUT2D eigenvalue weighted by molar-refractivity contribution is 0.229. The Hall–Kier alpha value is -2.26. The lowest BCUT2D eigenvalue weighted by Gasteiger charge is -2.10. The monoisotopic (exact) mass is 332 g/mol. The SMILES string of the molecule is CSCc1noc(CN(C)Cc2nc(-c3ccncc3)no2)n1. The van der Waals surface area contributed by atoms with Gasteiger partial charge in [0, 0.05) is 18.0 Å². The van der Waals surface area contributed by atoms with Gasteiger partial charge in [-0.3, -0.25) is 9.88 Å². The summed E-state index contributed by atoms with van der Waals surface area (Å²) in [6.45, 7) is 1.02. The van der Waals surface area contributed by atoms with Gasteiger partial charge in [-0.25, -0.2) is 0 Å². The van der Waals surface area contributed by atoms with Crippen LogP contribution in [0.1, 0.15) is 17.6 Å². The fraction of sp³-hybridized carbons (Fsp3) is 0.357. The van der Waals surface area contributed by atoms with E-state index in [4.69, 9.17) is 9.05 Å². The van der Waals surface area contributed by atoms with Crippen LogP contribution in [0.3, 0.4) is 0 Å². The molecule has 23 heavy (non-hydrogen) atoms. The zero-order valence-corrected chi connectivity index (χ0v) is 13.7. The first kappa shape index (κ1) is 15.6. The number of rotatable bonds is 7.